The molecule has 0 aliphatic heterocycles. The number of aryl methyl sites for hydroxylation is 1. The molecule has 20 heavy (non-hydrogen) atoms. The molecule has 108 valence electrons. The average Bonchev–Trinajstić information content (AvgIpc) is 2.35. The molecular formula is C15H16Br2O3. The fraction of sp³-hybridized carbons (Fsp3) is 0.467. The van der Waals surface area contributed by atoms with Crippen LogP contribution in [0.5, 0.6) is 0 Å². The molecule has 1 aliphatic carbocycles. The minimum absolute atomic E-state index is 0.0583. The number of ether oxygens (including phenoxy) is 1. The van der Waals surface area contributed by atoms with Crippen molar-refractivity contribution in [1.29, 1.82) is 0 Å². The van der Waals surface area contributed by atoms with E-state index in [4.69, 9.17) is 4.74 Å². The summed E-state index contributed by atoms with van der Waals surface area (Å²) in [5.41, 5.74) is 2.98. The molecule has 1 aromatic carbocycles. The summed E-state index contributed by atoms with van der Waals surface area (Å²) in [7, 11) is 1.35. The third kappa shape index (κ3) is 2.98. The van der Waals surface area contributed by atoms with Crippen LogP contribution in [-0.4, -0.2) is 22.6 Å². The number of benzene rings is 1. The summed E-state index contributed by atoms with van der Waals surface area (Å²) in [6.45, 7) is 1.88. The molecule has 0 heterocycles. The first-order valence-electron chi connectivity index (χ1n) is 6.51. The van der Waals surface area contributed by atoms with Crippen molar-refractivity contribution in [3.8, 4) is 0 Å². The van der Waals surface area contributed by atoms with E-state index >= 15 is 0 Å². The molecule has 5 heteroatoms. The Morgan fingerprint density at radius 1 is 1.25 bits per heavy atom. The van der Waals surface area contributed by atoms with Gasteiger partial charge in [-0.15, -0.1) is 0 Å². The van der Waals surface area contributed by atoms with Crippen LogP contribution in [0, 0.1) is 6.92 Å². The quantitative estimate of drug-likeness (QED) is 0.426. The van der Waals surface area contributed by atoms with Crippen molar-refractivity contribution in [1.82, 2.24) is 0 Å². The van der Waals surface area contributed by atoms with E-state index in [1.807, 2.05) is 13.0 Å². The van der Waals surface area contributed by atoms with Crippen molar-refractivity contribution in [2.24, 2.45) is 0 Å². The van der Waals surface area contributed by atoms with Crippen molar-refractivity contribution in [2.75, 3.05) is 7.11 Å². The lowest BCUT2D eigenvalue weighted by atomic mass is 9.76. The van der Waals surface area contributed by atoms with Crippen LogP contribution in [0.3, 0.4) is 0 Å². The van der Waals surface area contributed by atoms with Gasteiger partial charge in [0.25, 0.3) is 0 Å². The Balaban J connectivity index is 2.53. The van der Waals surface area contributed by atoms with Crippen LogP contribution >= 0.6 is 31.9 Å². The molecule has 1 saturated carbocycles. The summed E-state index contributed by atoms with van der Waals surface area (Å²) in [5.74, 6) is -0.0347. The topological polar surface area (TPSA) is 43.4 Å². The van der Waals surface area contributed by atoms with Gasteiger partial charge in [-0.1, -0.05) is 44.3 Å². The van der Waals surface area contributed by atoms with Gasteiger partial charge >= 0.3 is 5.97 Å². The maximum Gasteiger partial charge on any atom is 0.338 e. The molecule has 1 fully saturated rings. The fourth-order valence-electron chi connectivity index (χ4n) is 2.45. The summed E-state index contributed by atoms with van der Waals surface area (Å²) >= 11 is 6.50. The lowest BCUT2D eigenvalue weighted by Crippen LogP contribution is -2.19. The maximum absolute atomic E-state index is 12.3. The Labute approximate surface area is 135 Å². The van der Waals surface area contributed by atoms with E-state index in [0.29, 0.717) is 17.0 Å². The number of methoxy groups -OCH3 is 1. The third-order valence-corrected chi connectivity index (χ3v) is 4.64. The minimum atomic E-state index is -0.443. The summed E-state index contributed by atoms with van der Waals surface area (Å²) in [5, 5.41) is 0. The van der Waals surface area contributed by atoms with Crippen LogP contribution in [-0.2, 0) is 4.74 Å². The molecule has 0 bridgehead atoms. The molecule has 0 N–H and O–H groups in total. The first-order chi connectivity index (χ1) is 9.45. The van der Waals surface area contributed by atoms with Gasteiger partial charge in [0.1, 0.15) is 3.74 Å². The van der Waals surface area contributed by atoms with Gasteiger partial charge in [-0.3, -0.25) is 4.79 Å². The molecule has 0 atom stereocenters. The Morgan fingerprint density at radius 2 is 1.90 bits per heavy atom. The standard InChI is InChI=1S/C15H16Br2O3/c1-8-6-11(9-4-3-5-9)12(13(18)14(16)17)7-10(8)15(19)20-2/h6-7,9,14H,3-5H2,1-2H3. The van der Waals surface area contributed by atoms with E-state index in [1.165, 1.54) is 13.5 Å². The zero-order valence-corrected chi connectivity index (χ0v) is 14.6. The predicted molar refractivity (Wildman–Crippen MR) is 85.1 cm³/mol. The Bertz CT molecular complexity index is 548. The second-order valence-electron chi connectivity index (χ2n) is 5.04. The number of hydrogen-bond acceptors (Lipinski definition) is 3. The van der Waals surface area contributed by atoms with Gasteiger partial charge in [0, 0.05) is 5.56 Å². The van der Waals surface area contributed by atoms with E-state index in [-0.39, 0.29) is 5.78 Å². The first kappa shape index (κ1) is 15.7. The number of hydrogen-bond donors (Lipinski definition) is 0. The highest BCUT2D eigenvalue weighted by Gasteiger charge is 2.28. The van der Waals surface area contributed by atoms with Crippen molar-refractivity contribution < 1.29 is 14.3 Å². The third-order valence-electron chi connectivity index (χ3n) is 3.81. The van der Waals surface area contributed by atoms with Crippen molar-refractivity contribution in [3.63, 3.8) is 0 Å². The maximum atomic E-state index is 12.3. The van der Waals surface area contributed by atoms with Crippen molar-refractivity contribution in [3.05, 3.63) is 34.4 Å². The number of Topliss-reactive ketones (excluding diaryl/α,β-unsaturated/α-hetero) is 1. The monoisotopic (exact) mass is 402 g/mol. The smallest absolute Gasteiger partial charge is 0.338 e. The van der Waals surface area contributed by atoms with Crippen LogP contribution < -0.4 is 0 Å². The second-order valence-corrected chi connectivity index (χ2v) is 8.10. The summed E-state index contributed by atoms with van der Waals surface area (Å²) in [6.07, 6.45) is 3.40. The molecule has 0 unspecified atom stereocenters. The Kier molecular flexibility index (Phi) is 5.02. The second kappa shape index (κ2) is 6.39. The van der Waals surface area contributed by atoms with E-state index in [2.05, 4.69) is 31.9 Å². The molecule has 1 aromatic rings. The molecule has 3 nitrogen and oxygen atoms in total. The zero-order valence-electron chi connectivity index (χ0n) is 11.4. The molecular weight excluding hydrogens is 388 g/mol. The minimum Gasteiger partial charge on any atom is -0.465 e. The van der Waals surface area contributed by atoms with Gasteiger partial charge in [-0.25, -0.2) is 4.79 Å². The van der Waals surface area contributed by atoms with Gasteiger partial charge in [0.05, 0.1) is 12.7 Å². The Morgan fingerprint density at radius 3 is 2.35 bits per heavy atom. The molecule has 0 aromatic heterocycles. The Hall–Kier alpha value is -0.680. The number of carbonyl (C=O) groups excluding carboxylic acids is 2. The summed E-state index contributed by atoms with van der Waals surface area (Å²) in [6, 6.07) is 3.64. The number of halogens is 2. The summed E-state index contributed by atoms with van der Waals surface area (Å²) < 4.78 is 4.34. The lowest BCUT2D eigenvalue weighted by Gasteiger charge is -2.28. The molecule has 0 saturated heterocycles. The highest BCUT2D eigenvalue weighted by atomic mass is 79.9. The molecule has 0 amide bonds. The van der Waals surface area contributed by atoms with Crippen LogP contribution in [0.4, 0.5) is 0 Å². The van der Waals surface area contributed by atoms with Crippen LogP contribution in [0.2, 0.25) is 0 Å². The van der Waals surface area contributed by atoms with Gasteiger partial charge in [-0.2, -0.15) is 0 Å². The molecule has 0 spiro atoms. The van der Waals surface area contributed by atoms with E-state index in [9.17, 15) is 9.59 Å². The highest BCUT2D eigenvalue weighted by Crippen LogP contribution is 2.40. The van der Waals surface area contributed by atoms with Gasteiger partial charge in [0.15, 0.2) is 5.78 Å². The number of ketones is 1. The van der Waals surface area contributed by atoms with Crippen molar-refractivity contribution in [2.45, 2.75) is 35.8 Å². The SMILES string of the molecule is COC(=O)c1cc(C(=O)C(Br)Br)c(C2CCC2)cc1C. The molecule has 0 radical (unpaired) electrons. The normalized spacial score (nSPS) is 15.1. The van der Waals surface area contributed by atoms with Crippen LogP contribution in [0.15, 0.2) is 12.1 Å². The first-order valence-corrected chi connectivity index (χ1v) is 8.34. The predicted octanol–water partition coefficient (Wildman–Crippen LogP) is 4.35. The molecule has 2 rings (SSSR count). The average molecular weight is 404 g/mol. The summed E-state index contributed by atoms with van der Waals surface area (Å²) in [4.78, 5) is 24.1. The number of rotatable bonds is 4. The number of esters is 1. The lowest BCUT2D eigenvalue weighted by molar-refractivity contribution is 0.0600. The molecule has 1 aliphatic rings. The zero-order chi connectivity index (χ0) is 14.9. The van der Waals surface area contributed by atoms with Crippen LogP contribution in [0.1, 0.15) is 57.0 Å². The van der Waals surface area contributed by atoms with Gasteiger partial charge < -0.3 is 4.74 Å². The van der Waals surface area contributed by atoms with Gasteiger partial charge in [0.2, 0.25) is 0 Å². The van der Waals surface area contributed by atoms with Crippen LogP contribution in [0.25, 0.3) is 0 Å². The van der Waals surface area contributed by atoms with Gasteiger partial charge in [-0.05, 0) is 42.9 Å². The number of alkyl halides is 2. The fourth-order valence-corrected chi connectivity index (χ4v) is 2.94. The largest absolute Gasteiger partial charge is 0.465 e. The van der Waals surface area contributed by atoms with E-state index < -0.39 is 9.71 Å². The van der Waals surface area contributed by atoms with E-state index in [0.717, 1.165) is 24.0 Å². The number of carbonyl (C=O) groups is 2. The highest BCUT2D eigenvalue weighted by molar-refractivity contribution is 9.25. The van der Waals surface area contributed by atoms with Crippen molar-refractivity contribution >= 4 is 43.6 Å². The van der Waals surface area contributed by atoms with E-state index in [1.54, 1.807) is 6.07 Å².